The Morgan fingerprint density at radius 1 is 1.12 bits per heavy atom. The van der Waals surface area contributed by atoms with E-state index in [0.717, 1.165) is 43.0 Å². The minimum absolute atomic E-state index is 0. The minimum atomic E-state index is -3.49. The highest BCUT2D eigenvalue weighted by Gasteiger charge is 2.16. The summed E-state index contributed by atoms with van der Waals surface area (Å²) >= 11 is 0. The quantitative estimate of drug-likeness (QED) is 0.219. The van der Waals surface area contributed by atoms with Crippen molar-refractivity contribution in [2.75, 3.05) is 26.2 Å². The van der Waals surface area contributed by atoms with Gasteiger partial charge in [-0.25, -0.2) is 13.1 Å². The molecule has 1 rings (SSSR count). The number of benzene rings is 1. The van der Waals surface area contributed by atoms with Gasteiger partial charge in [-0.2, -0.15) is 0 Å². The van der Waals surface area contributed by atoms with Crippen molar-refractivity contribution in [3.05, 3.63) is 29.3 Å². The Morgan fingerprint density at radius 2 is 1.84 bits per heavy atom. The number of hydrogen-bond donors (Lipinski definition) is 3. The predicted octanol–water partition coefficient (Wildman–Crippen LogP) is 2.55. The van der Waals surface area contributed by atoms with Crippen molar-refractivity contribution >= 4 is 40.0 Å². The first-order valence-electron chi connectivity index (χ1n) is 8.49. The van der Waals surface area contributed by atoms with Gasteiger partial charge in [0, 0.05) is 26.2 Å². The predicted molar refractivity (Wildman–Crippen MR) is 115 cm³/mol. The van der Waals surface area contributed by atoms with Crippen molar-refractivity contribution < 1.29 is 8.42 Å². The van der Waals surface area contributed by atoms with Crippen molar-refractivity contribution in [1.29, 1.82) is 0 Å². The zero-order chi connectivity index (χ0) is 18.0. The summed E-state index contributed by atoms with van der Waals surface area (Å²) in [5.41, 5.74) is 1.67. The first-order chi connectivity index (χ1) is 11.4. The van der Waals surface area contributed by atoms with E-state index in [2.05, 4.69) is 27.3 Å². The van der Waals surface area contributed by atoms with Gasteiger partial charge in [-0.15, -0.1) is 24.0 Å². The fourth-order valence-corrected chi connectivity index (χ4v) is 3.49. The molecule has 0 amide bonds. The van der Waals surface area contributed by atoms with E-state index in [-0.39, 0.29) is 24.0 Å². The average molecular weight is 482 g/mol. The lowest BCUT2D eigenvalue weighted by molar-refractivity contribution is 0.579. The summed E-state index contributed by atoms with van der Waals surface area (Å²) in [7, 11) is -3.49. The van der Waals surface area contributed by atoms with Gasteiger partial charge in [0.25, 0.3) is 0 Å². The Balaban J connectivity index is 0.00000576. The van der Waals surface area contributed by atoms with E-state index >= 15 is 0 Å². The van der Waals surface area contributed by atoms with E-state index in [1.54, 1.807) is 13.0 Å². The second-order valence-corrected chi connectivity index (χ2v) is 7.44. The number of rotatable bonds is 9. The van der Waals surface area contributed by atoms with Crippen molar-refractivity contribution in [3.63, 3.8) is 0 Å². The third kappa shape index (κ3) is 8.87. The van der Waals surface area contributed by atoms with Crippen LogP contribution in [-0.2, 0) is 10.0 Å². The molecule has 0 spiro atoms. The van der Waals surface area contributed by atoms with Crippen LogP contribution in [0.15, 0.2) is 28.1 Å². The fraction of sp³-hybridized carbons (Fsp3) is 0.588. The van der Waals surface area contributed by atoms with E-state index in [0.29, 0.717) is 18.0 Å². The number of aryl methyl sites for hydroxylation is 2. The van der Waals surface area contributed by atoms with E-state index in [9.17, 15) is 8.42 Å². The number of aliphatic imine (C=N–C) groups is 1. The molecule has 0 radical (unpaired) electrons. The standard InChI is InChI=1S/C17H30N4O2S.HI/c1-5-7-10-19-17(18-6-2)20-11-12-21-24(22,23)16-13-14(3)8-9-15(16)4;/h8-9,13,21H,5-7,10-12H2,1-4H3,(H2,18,19,20);1H. The zero-order valence-corrected chi connectivity index (χ0v) is 18.7. The molecule has 0 atom stereocenters. The zero-order valence-electron chi connectivity index (χ0n) is 15.6. The first-order valence-corrected chi connectivity index (χ1v) is 9.98. The molecule has 6 nitrogen and oxygen atoms in total. The maximum absolute atomic E-state index is 12.4. The molecular formula is C17H31IN4O2S. The summed E-state index contributed by atoms with van der Waals surface area (Å²) < 4.78 is 27.4. The van der Waals surface area contributed by atoms with Crippen LogP contribution in [0.4, 0.5) is 0 Å². The lowest BCUT2D eigenvalue weighted by Gasteiger charge is -2.13. The molecule has 0 aliphatic carbocycles. The third-order valence-corrected chi connectivity index (χ3v) is 5.07. The van der Waals surface area contributed by atoms with Crippen LogP contribution in [0, 0.1) is 13.8 Å². The number of guanidine groups is 1. The molecule has 0 aliphatic heterocycles. The lowest BCUT2D eigenvalue weighted by atomic mass is 10.2. The molecule has 25 heavy (non-hydrogen) atoms. The molecule has 0 aromatic heterocycles. The molecule has 1 aromatic carbocycles. The highest BCUT2D eigenvalue weighted by atomic mass is 127. The minimum Gasteiger partial charge on any atom is -0.357 e. The lowest BCUT2D eigenvalue weighted by Crippen LogP contribution is -2.41. The second kappa shape index (κ2) is 12.5. The van der Waals surface area contributed by atoms with Crippen molar-refractivity contribution in [2.24, 2.45) is 4.99 Å². The number of hydrogen-bond acceptors (Lipinski definition) is 3. The van der Waals surface area contributed by atoms with Crippen LogP contribution >= 0.6 is 24.0 Å². The van der Waals surface area contributed by atoms with Gasteiger partial charge in [0.1, 0.15) is 0 Å². The van der Waals surface area contributed by atoms with Crippen molar-refractivity contribution in [3.8, 4) is 0 Å². The molecule has 0 bridgehead atoms. The number of nitrogens with zero attached hydrogens (tertiary/aromatic N) is 1. The van der Waals surface area contributed by atoms with Crippen molar-refractivity contribution in [2.45, 2.75) is 45.4 Å². The summed E-state index contributed by atoms with van der Waals surface area (Å²) in [6.07, 6.45) is 2.13. The number of sulfonamides is 1. The monoisotopic (exact) mass is 482 g/mol. The summed E-state index contributed by atoms with van der Waals surface area (Å²) in [5.74, 6) is 0.719. The molecule has 144 valence electrons. The molecule has 0 heterocycles. The van der Waals surface area contributed by atoms with E-state index in [4.69, 9.17) is 0 Å². The second-order valence-electron chi connectivity index (χ2n) is 5.71. The summed E-state index contributed by atoms with van der Waals surface area (Å²) in [5, 5.41) is 6.29. The molecule has 0 saturated heterocycles. The van der Waals surface area contributed by atoms with E-state index in [1.165, 1.54) is 0 Å². The topological polar surface area (TPSA) is 82.6 Å². The molecule has 8 heteroatoms. The van der Waals surface area contributed by atoms with Crippen LogP contribution in [0.5, 0.6) is 0 Å². The highest BCUT2D eigenvalue weighted by molar-refractivity contribution is 14.0. The van der Waals surface area contributed by atoms with Crippen LogP contribution in [-0.4, -0.2) is 40.6 Å². The van der Waals surface area contributed by atoms with Gasteiger partial charge in [-0.05, 0) is 44.4 Å². The molecule has 1 aromatic rings. The van der Waals surface area contributed by atoms with Gasteiger partial charge >= 0.3 is 0 Å². The fourth-order valence-electron chi connectivity index (χ4n) is 2.13. The molecular weight excluding hydrogens is 451 g/mol. The first kappa shape index (κ1) is 24.1. The van der Waals surface area contributed by atoms with Crippen LogP contribution < -0.4 is 15.4 Å². The molecule has 0 fully saturated rings. The number of unbranched alkanes of at least 4 members (excludes halogenated alkanes) is 1. The Labute approximate surface area is 169 Å². The van der Waals surface area contributed by atoms with Gasteiger partial charge in [0.15, 0.2) is 5.96 Å². The maximum Gasteiger partial charge on any atom is 0.240 e. The maximum atomic E-state index is 12.4. The Hall–Kier alpha value is -0.870. The number of nitrogens with one attached hydrogen (secondary N) is 3. The highest BCUT2D eigenvalue weighted by Crippen LogP contribution is 2.16. The van der Waals surface area contributed by atoms with Gasteiger partial charge < -0.3 is 10.6 Å². The van der Waals surface area contributed by atoms with Crippen LogP contribution in [0.1, 0.15) is 37.8 Å². The normalized spacial score (nSPS) is 11.8. The van der Waals surface area contributed by atoms with Gasteiger partial charge in [0.2, 0.25) is 10.0 Å². The summed E-state index contributed by atoms with van der Waals surface area (Å²) in [6.45, 7) is 10.1. The van der Waals surface area contributed by atoms with Crippen LogP contribution in [0.2, 0.25) is 0 Å². The Morgan fingerprint density at radius 3 is 2.48 bits per heavy atom. The summed E-state index contributed by atoms with van der Waals surface area (Å²) in [6, 6.07) is 5.43. The van der Waals surface area contributed by atoms with E-state index in [1.807, 2.05) is 26.0 Å². The third-order valence-electron chi connectivity index (χ3n) is 3.47. The largest absolute Gasteiger partial charge is 0.357 e. The van der Waals surface area contributed by atoms with Gasteiger partial charge in [-0.1, -0.05) is 25.5 Å². The number of halogens is 1. The SMILES string of the molecule is CCCCN=C(NCC)NCCNS(=O)(=O)c1cc(C)ccc1C.I. The molecule has 0 aliphatic rings. The van der Waals surface area contributed by atoms with Crippen LogP contribution in [0.3, 0.4) is 0 Å². The van der Waals surface area contributed by atoms with Gasteiger partial charge in [0.05, 0.1) is 4.90 Å². The van der Waals surface area contributed by atoms with Crippen molar-refractivity contribution in [1.82, 2.24) is 15.4 Å². The Bertz CT molecular complexity index is 648. The van der Waals surface area contributed by atoms with Crippen LogP contribution in [0.25, 0.3) is 0 Å². The van der Waals surface area contributed by atoms with Gasteiger partial charge in [-0.3, -0.25) is 4.99 Å². The molecule has 3 N–H and O–H groups in total. The molecule has 0 unspecified atom stereocenters. The molecule has 0 saturated carbocycles. The summed E-state index contributed by atoms with van der Waals surface area (Å²) in [4.78, 5) is 4.78. The smallest absolute Gasteiger partial charge is 0.240 e. The van der Waals surface area contributed by atoms with E-state index < -0.39 is 10.0 Å². The average Bonchev–Trinajstić information content (AvgIpc) is 2.54. The Kier molecular flexibility index (Phi) is 12.0.